The maximum Gasteiger partial charge on any atom is 0.329 e. The highest BCUT2D eigenvalue weighted by Crippen LogP contribution is 2.47. The summed E-state index contributed by atoms with van der Waals surface area (Å²) in [5.74, 6) is -1.32. The first-order valence-electron chi connectivity index (χ1n) is 6.87. The topological polar surface area (TPSA) is 76.7 Å². The fraction of sp³-hybridized carbons (Fsp3) is 0.833. The van der Waals surface area contributed by atoms with Gasteiger partial charge in [-0.2, -0.15) is 0 Å². The quantitative estimate of drug-likeness (QED) is 0.706. The molecule has 0 spiro atoms. The molecule has 1 saturated carbocycles. The van der Waals surface area contributed by atoms with E-state index in [0.717, 1.165) is 12.8 Å². The number of hydrogen-bond acceptors (Lipinski definition) is 6. The Labute approximate surface area is 113 Å². The van der Waals surface area contributed by atoms with Crippen LogP contribution in [0.1, 0.15) is 39.0 Å². The van der Waals surface area contributed by atoms with Crippen molar-refractivity contribution in [2.24, 2.45) is 5.92 Å². The zero-order valence-corrected chi connectivity index (χ0v) is 11.8. The summed E-state index contributed by atoms with van der Waals surface area (Å²) in [5.41, 5.74) is 0. The minimum absolute atomic E-state index is 0.108. The largest absolute Gasteiger partial charge is 0.404 e. The monoisotopic (exact) mass is 286 g/mol. The van der Waals surface area contributed by atoms with Crippen molar-refractivity contribution in [1.82, 2.24) is 10.6 Å². The molecule has 0 amide bonds. The predicted molar refractivity (Wildman–Crippen MR) is 69.0 cm³/mol. The Morgan fingerprint density at radius 2 is 1.74 bits per heavy atom. The van der Waals surface area contributed by atoms with Crippen molar-refractivity contribution in [2.75, 3.05) is 0 Å². The highest BCUT2D eigenvalue weighted by atomic mass is 31.2. The van der Waals surface area contributed by atoms with E-state index in [9.17, 15) is 9.59 Å². The summed E-state index contributed by atoms with van der Waals surface area (Å²) >= 11 is 0. The summed E-state index contributed by atoms with van der Waals surface area (Å²) < 4.78 is 10.6. The standard InChI is InChI=1S/C12H19N2O4P/c1-7-6-10(15)17-19(18-11(7)16)12-13-8-4-2-3-5-9(8)14-12/h7-9,12-14H,2-6H2,1H3. The molecule has 4 unspecified atom stereocenters. The minimum Gasteiger partial charge on any atom is -0.404 e. The molecule has 3 aliphatic rings. The molecule has 2 saturated heterocycles. The number of rotatable bonds is 1. The molecule has 7 heteroatoms. The molecule has 2 N–H and O–H groups in total. The molecule has 2 aliphatic heterocycles. The molecule has 2 heterocycles. The number of nitrogens with one attached hydrogen (secondary N) is 2. The molecule has 3 fully saturated rings. The Morgan fingerprint density at radius 1 is 1.11 bits per heavy atom. The number of carbonyl (C=O) groups is 2. The summed E-state index contributed by atoms with van der Waals surface area (Å²) in [6.07, 6.45) is 4.79. The third kappa shape index (κ3) is 2.76. The van der Waals surface area contributed by atoms with Gasteiger partial charge in [-0.05, 0) is 12.8 Å². The molecule has 6 nitrogen and oxygen atoms in total. The van der Waals surface area contributed by atoms with E-state index in [-0.39, 0.29) is 24.3 Å². The van der Waals surface area contributed by atoms with E-state index in [4.69, 9.17) is 9.05 Å². The van der Waals surface area contributed by atoms with Crippen molar-refractivity contribution in [3.8, 4) is 0 Å². The van der Waals surface area contributed by atoms with Crippen LogP contribution in [0.25, 0.3) is 0 Å². The molecule has 106 valence electrons. The van der Waals surface area contributed by atoms with Crippen LogP contribution in [0.15, 0.2) is 0 Å². The molecule has 1 aliphatic carbocycles. The second-order valence-corrected chi connectivity index (χ2v) is 6.95. The lowest BCUT2D eigenvalue weighted by Gasteiger charge is -2.23. The number of carbonyl (C=O) groups excluding carboxylic acids is 2. The van der Waals surface area contributed by atoms with Gasteiger partial charge in [0.25, 0.3) is 0 Å². The van der Waals surface area contributed by atoms with E-state index < -0.39 is 14.3 Å². The number of fused-ring (bicyclic) bond motifs is 1. The van der Waals surface area contributed by atoms with Crippen LogP contribution in [0.2, 0.25) is 0 Å². The van der Waals surface area contributed by atoms with Crippen molar-refractivity contribution in [2.45, 2.75) is 57.0 Å². The SMILES string of the molecule is CC1CC(=O)OP(C2NC3CCCCC3N2)OC1=O. The van der Waals surface area contributed by atoms with Gasteiger partial charge in [0.05, 0.1) is 12.3 Å². The lowest BCUT2D eigenvalue weighted by Crippen LogP contribution is -2.36. The fourth-order valence-electron chi connectivity index (χ4n) is 2.88. The maximum atomic E-state index is 11.7. The summed E-state index contributed by atoms with van der Waals surface area (Å²) in [6, 6.07) is 0.804. The first-order chi connectivity index (χ1) is 9.13. The molecular weight excluding hydrogens is 267 g/mol. The fourth-order valence-corrected chi connectivity index (χ4v) is 4.39. The van der Waals surface area contributed by atoms with Crippen molar-refractivity contribution < 1.29 is 18.6 Å². The van der Waals surface area contributed by atoms with Crippen LogP contribution in [0.4, 0.5) is 0 Å². The summed E-state index contributed by atoms with van der Waals surface area (Å²) in [7, 11) is -1.56. The molecule has 0 aromatic carbocycles. The highest BCUT2D eigenvalue weighted by molar-refractivity contribution is 7.49. The summed E-state index contributed by atoms with van der Waals surface area (Å²) in [5, 5.41) is 6.82. The van der Waals surface area contributed by atoms with Gasteiger partial charge in [0.15, 0.2) is 5.91 Å². The summed E-state index contributed by atoms with van der Waals surface area (Å²) in [4.78, 5) is 23.4. The molecule has 19 heavy (non-hydrogen) atoms. The van der Waals surface area contributed by atoms with Gasteiger partial charge in [0.2, 0.25) is 0 Å². The number of hydrogen-bond donors (Lipinski definition) is 2. The van der Waals surface area contributed by atoms with Crippen LogP contribution in [-0.4, -0.2) is 29.9 Å². The predicted octanol–water partition coefficient (Wildman–Crippen LogP) is 1.21. The van der Waals surface area contributed by atoms with Gasteiger partial charge in [0, 0.05) is 12.1 Å². The molecule has 0 radical (unpaired) electrons. The van der Waals surface area contributed by atoms with Crippen molar-refractivity contribution >= 4 is 20.3 Å². The maximum absolute atomic E-state index is 11.7. The lowest BCUT2D eigenvalue weighted by atomic mass is 9.92. The molecule has 4 atom stereocenters. The molecule has 0 bridgehead atoms. The molecule has 3 rings (SSSR count). The Morgan fingerprint density at radius 3 is 2.37 bits per heavy atom. The zero-order valence-electron chi connectivity index (χ0n) is 10.9. The van der Waals surface area contributed by atoms with Crippen LogP contribution in [0, 0.1) is 5.92 Å². The first kappa shape index (κ1) is 13.3. The van der Waals surface area contributed by atoms with Crippen LogP contribution in [0.3, 0.4) is 0 Å². The van der Waals surface area contributed by atoms with Crippen molar-refractivity contribution in [3.05, 3.63) is 0 Å². The Bertz CT molecular complexity index is 378. The molecular formula is C12H19N2O4P. The molecule has 0 aromatic rings. The smallest absolute Gasteiger partial charge is 0.329 e. The Hall–Kier alpha value is -0.710. The van der Waals surface area contributed by atoms with Gasteiger partial charge in [-0.25, -0.2) is 0 Å². The van der Waals surface area contributed by atoms with E-state index in [1.165, 1.54) is 12.8 Å². The summed E-state index contributed by atoms with van der Waals surface area (Å²) in [6.45, 7) is 1.69. The van der Waals surface area contributed by atoms with Gasteiger partial charge in [-0.3, -0.25) is 20.2 Å². The minimum atomic E-state index is -1.56. The van der Waals surface area contributed by atoms with Gasteiger partial charge in [0.1, 0.15) is 0 Å². The van der Waals surface area contributed by atoms with E-state index in [2.05, 4.69) is 10.6 Å². The third-order valence-corrected chi connectivity index (χ3v) is 5.43. The van der Waals surface area contributed by atoms with E-state index in [1.807, 2.05) is 0 Å². The van der Waals surface area contributed by atoms with Gasteiger partial charge < -0.3 is 9.05 Å². The lowest BCUT2D eigenvalue weighted by molar-refractivity contribution is -0.139. The first-order valence-corrected chi connectivity index (χ1v) is 8.12. The van der Waals surface area contributed by atoms with E-state index in [0.29, 0.717) is 12.1 Å². The van der Waals surface area contributed by atoms with Crippen LogP contribution < -0.4 is 10.6 Å². The van der Waals surface area contributed by atoms with Crippen molar-refractivity contribution in [1.29, 1.82) is 0 Å². The zero-order chi connectivity index (χ0) is 13.4. The second kappa shape index (κ2) is 5.35. The third-order valence-electron chi connectivity index (χ3n) is 3.97. The molecule has 0 aromatic heterocycles. The normalized spacial score (nSPS) is 43.1. The Balaban J connectivity index is 1.68. The van der Waals surface area contributed by atoms with Crippen LogP contribution in [-0.2, 0) is 18.6 Å². The highest BCUT2D eigenvalue weighted by Gasteiger charge is 2.44. The Kier molecular flexibility index (Phi) is 3.74. The average Bonchev–Trinajstić information content (AvgIpc) is 2.75. The van der Waals surface area contributed by atoms with Crippen molar-refractivity contribution in [3.63, 3.8) is 0 Å². The average molecular weight is 286 g/mol. The van der Waals surface area contributed by atoms with Gasteiger partial charge in [-0.15, -0.1) is 0 Å². The van der Waals surface area contributed by atoms with Gasteiger partial charge in [-0.1, -0.05) is 19.8 Å². The van der Waals surface area contributed by atoms with E-state index >= 15 is 0 Å². The van der Waals surface area contributed by atoms with Crippen LogP contribution >= 0.6 is 8.38 Å². The van der Waals surface area contributed by atoms with Gasteiger partial charge >= 0.3 is 20.3 Å². The van der Waals surface area contributed by atoms with Crippen LogP contribution in [0.5, 0.6) is 0 Å². The second-order valence-electron chi connectivity index (χ2n) is 5.50. The van der Waals surface area contributed by atoms with E-state index in [1.54, 1.807) is 6.92 Å².